The van der Waals surface area contributed by atoms with Crippen molar-refractivity contribution in [3.05, 3.63) is 64.3 Å². The van der Waals surface area contributed by atoms with Gasteiger partial charge < -0.3 is 14.2 Å². The van der Waals surface area contributed by atoms with Crippen LogP contribution >= 0.6 is 0 Å². The molecule has 1 aliphatic rings. The number of benzene rings is 2. The van der Waals surface area contributed by atoms with Crippen LogP contribution in [-0.2, 0) is 9.53 Å². The molecule has 5 heteroatoms. The van der Waals surface area contributed by atoms with E-state index in [-0.39, 0.29) is 5.70 Å². The summed E-state index contributed by atoms with van der Waals surface area (Å²) in [5.41, 5.74) is 4.14. The summed E-state index contributed by atoms with van der Waals surface area (Å²) in [6, 6.07) is 11.4. The standard InChI is InChI=1S/C23H25NO4/c1-5-6-11-27-20-10-8-17(14-21(20)26-4)13-19-23(25)28-22(24-19)18-9-7-15(2)16(3)12-18/h7-10,12-14H,5-6,11H2,1-4H3/b19-13-. The lowest BCUT2D eigenvalue weighted by Gasteiger charge is -2.10. The molecule has 0 aliphatic carbocycles. The number of aryl methyl sites for hydroxylation is 2. The first-order valence-corrected chi connectivity index (χ1v) is 9.43. The third-order valence-corrected chi connectivity index (χ3v) is 4.62. The topological polar surface area (TPSA) is 57.1 Å². The van der Waals surface area contributed by atoms with Gasteiger partial charge in [0.15, 0.2) is 17.2 Å². The second-order valence-electron chi connectivity index (χ2n) is 6.75. The summed E-state index contributed by atoms with van der Waals surface area (Å²) < 4.78 is 16.5. The number of ether oxygens (including phenoxy) is 3. The molecule has 0 radical (unpaired) electrons. The minimum Gasteiger partial charge on any atom is -0.493 e. The van der Waals surface area contributed by atoms with Crippen molar-refractivity contribution in [2.75, 3.05) is 13.7 Å². The van der Waals surface area contributed by atoms with Gasteiger partial charge in [-0.3, -0.25) is 0 Å². The van der Waals surface area contributed by atoms with Crippen molar-refractivity contribution in [2.45, 2.75) is 33.6 Å². The number of unbranched alkanes of at least 4 members (excludes halogenated alkanes) is 1. The summed E-state index contributed by atoms with van der Waals surface area (Å²) in [5.74, 6) is 1.17. The van der Waals surface area contributed by atoms with Gasteiger partial charge in [0.25, 0.3) is 0 Å². The number of rotatable bonds is 7. The van der Waals surface area contributed by atoms with Crippen LogP contribution in [0.5, 0.6) is 11.5 Å². The first kappa shape index (κ1) is 19.7. The summed E-state index contributed by atoms with van der Waals surface area (Å²) >= 11 is 0. The zero-order valence-electron chi connectivity index (χ0n) is 16.7. The van der Waals surface area contributed by atoms with Gasteiger partial charge in [0.05, 0.1) is 13.7 Å². The third kappa shape index (κ3) is 4.42. The second-order valence-corrected chi connectivity index (χ2v) is 6.75. The van der Waals surface area contributed by atoms with Crippen molar-refractivity contribution in [2.24, 2.45) is 4.99 Å². The fraction of sp³-hybridized carbons (Fsp3) is 0.304. The minimum absolute atomic E-state index is 0.259. The largest absolute Gasteiger partial charge is 0.493 e. The molecular formula is C23H25NO4. The van der Waals surface area contributed by atoms with Crippen molar-refractivity contribution in [3.8, 4) is 11.5 Å². The summed E-state index contributed by atoms with van der Waals surface area (Å²) in [4.78, 5) is 16.6. The van der Waals surface area contributed by atoms with Gasteiger partial charge in [-0.1, -0.05) is 25.5 Å². The molecule has 0 atom stereocenters. The average molecular weight is 379 g/mol. The number of hydrogen-bond donors (Lipinski definition) is 0. The number of esters is 1. The van der Waals surface area contributed by atoms with Gasteiger partial charge in [-0.15, -0.1) is 0 Å². The van der Waals surface area contributed by atoms with Crippen molar-refractivity contribution in [1.29, 1.82) is 0 Å². The van der Waals surface area contributed by atoms with Crippen LogP contribution in [-0.4, -0.2) is 25.6 Å². The van der Waals surface area contributed by atoms with Crippen LogP contribution in [0.2, 0.25) is 0 Å². The Kier molecular flexibility index (Phi) is 6.14. The van der Waals surface area contributed by atoms with E-state index in [0.29, 0.717) is 24.0 Å². The molecule has 146 valence electrons. The number of hydrogen-bond acceptors (Lipinski definition) is 5. The van der Waals surface area contributed by atoms with Crippen LogP contribution in [0.3, 0.4) is 0 Å². The number of carbonyl (C=O) groups excluding carboxylic acids is 1. The predicted octanol–water partition coefficient (Wildman–Crippen LogP) is 4.84. The first-order chi connectivity index (χ1) is 13.5. The lowest BCUT2D eigenvalue weighted by Crippen LogP contribution is -2.05. The van der Waals surface area contributed by atoms with Crippen molar-refractivity contribution < 1.29 is 19.0 Å². The predicted molar refractivity (Wildman–Crippen MR) is 110 cm³/mol. The van der Waals surface area contributed by atoms with E-state index < -0.39 is 5.97 Å². The molecule has 0 aromatic heterocycles. The van der Waals surface area contributed by atoms with E-state index in [0.717, 1.165) is 29.5 Å². The van der Waals surface area contributed by atoms with E-state index in [1.165, 1.54) is 5.56 Å². The molecule has 0 bridgehead atoms. The van der Waals surface area contributed by atoms with E-state index >= 15 is 0 Å². The minimum atomic E-state index is -0.463. The quantitative estimate of drug-likeness (QED) is 0.393. The Morgan fingerprint density at radius 3 is 2.61 bits per heavy atom. The fourth-order valence-corrected chi connectivity index (χ4v) is 2.78. The summed E-state index contributed by atoms with van der Waals surface area (Å²) in [6.45, 7) is 6.81. The van der Waals surface area contributed by atoms with Gasteiger partial charge in [-0.2, -0.15) is 0 Å². The maximum absolute atomic E-state index is 12.2. The van der Waals surface area contributed by atoms with Crippen molar-refractivity contribution >= 4 is 17.9 Å². The van der Waals surface area contributed by atoms with Crippen LogP contribution < -0.4 is 9.47 Å². The molecule has 3 rings (SSSR count). The second kappa shape index (κ2) is 8.74. The molecule has 0 N–H and O–H groups in total. The Morgan fingerprint density at radius 2 is 1.89 bits per heavy atom. The highest BCUT2D eigenvalue weighted by Gasteiger charge is 2.24. The Labute approximate surface area is 165 Å². The molecule has 1 heterocycles. The lowest BCUT2D eigenvalue weighted by atomic mass is 10.1. The van der Waals surface area contributed by atoms with Crippen molar-refractivity contribution in [1.82, 2.24) is 0 Å². The summed E-state index contributed by atoms with van der Waals surface area (Å²) in [6.07, 6.45) is 3.74. The Hall–Kier alpha value is -3.08. The zero-order valence-corrected chi connectivity index (χ0v) is 16.7. The van der Waals surface area contributed by atoms with Gasteiger partial charge in [0, 0.05) is 5.56 Å². The van der Waals surface area contributed by atoms with Crippen LogP contribution in [0.4, 0.5) is 0 Å². The van der Waals surface area contributed by atoms with Gasteiger partial charge in [0.1, 0.15) is 0 Å². The lowest BCUT2D eigenvalue weighted by molar-refractivity contribution is -0.129. The smallest absolute Gasteiger partial charge is 0.363 e. The fourth-order valence-electron chi connectivity index (χ4n) is 2.78. The molecule has 28 heavy (non-hydrogen) atoms. The van der Waals surface area contributed by atoms with E-state index in [1.54, 1.807) is 13.2 Å². The molecule has 5 nitrogen and oxygen atoms in total. The van der Waals surface area contributed by atoms with Crippen LogP contribution in [0.25, 0.3) is 6.08 Å². The van der Waals surface area contributed by atoms with E-state index in [1.807, 2.05) is 50.2 Å². The molecule has 0 saturated heterocycles. The molecule has 0 amide bonds. The highest BCUT2D eigenvalue weighted by Crippen LogP contribution is 2.30. The molecule has 0 spiro atoms. The highest BCUT2D eigenvalue weighted by atomic mass is 16.6. The Morgan fingerprint density at radius 1 is 1.07 bits per heavy atom. The first-order valence-electron chi connectivity index (χ1n) is 9.43. The van der Waals surface area contributed by atoms with Crippen molar-refractivity contribution in [3.63, 3.8) is 0 Å². The maximum Gasteiger partial charge on any atom is 0.363 e. The molecule has 0 fully saturated rings. The average Bonchev–Trinajstić information content (AvgIpc) is 3.05. The van der Waals surface area contributed by atoms with E-state index in [4.69, 9.17) is 14.2 Å². The number of nitrogens with zero attached hydrogens (tertiary/aromatic N) is 1. The van der Waals surface area contributed by atoms with Gasteiger partial charge >= 0.3 is 5.97 Å². The Balaban J connectivity index is 1.84. The van der Waals surface area contributed by atoms with E-state index in [9.17, 15) is 4.79 Å². The number of methoxy groups -OCH3 is 1. The highest BCUT2D eigenvalue weighted by molar-refractivity contribution is 6.12. The molecule has 0 saturated carbocycles. The van der Waals surface area contributed by atoms with Gasteiger partial charge in [-0.25, -0.2) is 9.79 Å². The Bertz CT molecular complexity index is 944. The maximum atomic E-state index is 12.2. The van der Waals surface area contributed by atoms with Crippen LogP contribution in [0, 0.1) is 13.8 Å². The third-order valence-electron chi connectivity index (χ3n) is 4.62. The van der Waals surface area contributed by atoms with Crippen LogP contribution in [0.1, 0.15) is 42.0 Å². The number of carbonyl (C=O) groups is 1. The molecular weight excluding hydrogens is 354 g/mol. The normalized spacial score (nSPS) is 14.8. The van der Waals surface area contributed by atoms with Crippen LogP contribution in [0.15, 0.2) is 47.1 Å². The summed E-state index contributed by atoms with van der Waals surface area (Å²) in [5, 5.41) is 0. The van der Waals surface area contributed by atoms with E-state index in [2.05, 4.69) is 11.9 Å². The zero-order chi connectivity index (χ0) is 20.1. The SMILES string of the molecule is CCCCOc1ccc(/C=C2\N=C(c3ccc(C)c(C)c3)OC2=O)cc1OC. The van der Waals surface area contributed by atoms with Gasteiger partial charge in [-0.05, 0) is 67.3 Å². The molecule has 2 aromatic carbocycles. The number of cyclic esters (lactones) is 1. The monoisotopic (exact) mass is 379 g/mol. The van der Waals surface area contributed by atoms with Gasteiger partial charge in [0.2, 0.25) is 5.90 Å². The molecule has 2 aromatic rings. The number of aliphatic imine (C=N–C) groups is 1. The summed E-state index contributed by atoms with van der Waals surface area (Å²) in [7, 11) is 1.60. The molecule has 1 aliphatic heterocycles. The molecule has 0 unspecified atom stereocenters.